The summed E-state index contributed by atoms with van der Waals surface area (Å²) in [6.45, 7) is 5.39. The van der Waals surface area contributed by atoms with Gasteiger partial charge in [0, 0.05) is 37.6 Å². The second-order valence-corrected chi connectivity index (χ2v) is 8.81. The number of aryl methyl sites for hydroxylation is 1. The number of rotatable bonds is 7. The van der Waals surface area contributed by atoms with Crippen LogP contribution in [0, 0.1) is 0 Å². The SMILES string of the molecule is CCO/N=C(/c1ccc(CN2CCC(c3ccc(=O)n(C)c3)CC2)cc1)c1ccc(Cl)cn1. The molecule has 1 aliphatic heterocycles. The molecule has 0 unspecified atom stereocenters. The molecule has 0 bridgehead atoms. The summed E-state index contributed by atoms with van der Waals surface area (Å²) in [6.07, 6.45) is 5.80. The Bertz CT molecular complexity index is 1150. The molecule has 0 N–H and O–H groups in total. The van der Waals surface area contributed by atoms with Gasteiger partial charge >= 0.3 is 0 Å². The predicted octanol–water partition coefficient (Wildman–Crippen LogP) is 4.60. The number of oxime groups is 1. The van der Waals surface area contributed by atoms with E-state index in [1.54, 1.807) is 22.9 Å². The fraction of sp³-hybridized carbons (Fsp3) is 0.346. The van der Waals surface area contributed by atoms with Crippen LogP contribution in [0.5, 0.6) is 0 Å². The van der Waals surface area contributed by atoms with Crippen molar-refractivity contribution in [3.63, 3.8) is 0 Å². The number of pyridine rings is 2. The predicted molar refractivity (Wildman–Crippen MR) is 132 cm³/mol. The number of piperidine rings is 1. The van der Waals surface area contributed by atoms with Gasteiger partial charge in [0.05, 0.1) is 10.7 Å². The van der Waals surface area contributed by atoms with Crippen molar-refractivity contribution in [2.24, 2.45) is 12.2 Å². The molecule has 0 amide bonds. The molecule has 6 nitrogen and oxygen atoms in total. The zero-order valence-electron chi connectivity index (χ0n) is 19.1. The van der Waals surface area contributed by atoms with Crippen LogP contribution in [0.2, 0.25) is 5.02 Å². The summed E-state index contributed by atoms with van der Waals surface area (Å²) < 4.78 is 1.67. The third-order valence-electron chi connectivity index (χ3n) is 6.06. The molecule has 0 atom stereocenters. The molecular formula is C26H29ClN4O2. The summed E-state index contributed by atoms with van der Waals surface area (Å²) in [6, 6.07) is 15.7. The Morgan fingerprint density at radius 1 is 1.12 bits per heavy atom. The topological polar surface area (TPSA) is 59.7 Å². The second-order valence-electron chi connectivity index (χ2n) is 8.38. The number of nitrogens with zero attached hydrogens (tertiary/aromatic N) is 4. The first-order chi connectivity index (χ1) is 16.0. The van der Waals surface area contributed by atoms with Gasteiger partial charge in [-0.15, -0.1) is 0 Å². The lowest BCUT2D eigenvalue weighted by Crippen LogP contribution is -2.32. The van der Waals surface area contributed by atoms with Gasteiger partial charge in [-0.2, -0.15) is 0 Å². The normalized spacial score (nSPS) is 15.5. The van der Waals surface area contributed by atoms with E-state index in [4.69, 9.17) is 16.4 Å². The number of aromatic nitrogens is 2. The van der Waals surface area contributed by atoms with Crippen molar-refractivity contribution in [2.45, 2.75) is 32.2 Å². The number of benzene rings is 1. The van der Waals surface area contributed by atoms with Gasteiger partial charge in [0.2, 0.25) is 5.56 Å². The summed E-state index contributed by atoms with van der Waals surface area (Å²) >= 11 is 5.99. The van der Waals surface area contributed by atoms with E-state index in [9.17, 15) is 4.79 Å². The molecule has 1 saturated heterocycles. The molecule has 0 spiro atoms. The van der Waals surface area contributed by atoms with E-state index in [1.807, 2.05) is 32.3 Å². The first-order valence-electron chi connectivity index (χ1n) is 11.3. The Labute approximate surface area is 199 Å². The van der Waals surface area contributed by atoms with E-state index in [-0.39, 0.29) is 5.56 Å². The smallest absolute Gasteiger partial charge is 0.250 e. The Morgan fingerprint density at radius 2 is 1.88 bits per heavy atom. The van der Waals surface area contributed by atoms with Crippen molar-refractivity contribution in [2.75, 3.05) is 19.7 Å². The van der Waals surface area contributed by atoms with E-state index < -0.39 is 0 Å². The molecular weight excluding hydrogens is 436 g/mol. The van der Waals surface area contributed by atoms with Crippen LogP contribution in [0.1, 0.15) is 48.1 Å². The first kappa shape index (κ1) is 23.2. The van der Waals surface area contributed by atoms with Crippen molar-refractivity contribution >= 4 is 17.3 Å². The van der Waals surface area contributed by atoms with E-state index in [0.717, 1.165) is 43.7 Å². The summed E-state index contributed by atoms with van der Waals surface area (Å²) in [5.41, 5.74) is 4.94. The van der Waals surface area contributed by atoms with E-state index >= 15 is 0 Å². The van der Waals surface area contributed by atoms with Gasteiger partial charge in [0.25, 0.3) is 0 Å². The fourth-order valence-corrected chi connectivity index (χ4v) is 4.31. The molecule has 172 valence electrons. The van der Waals surface area contributed by atoms with E-state index in [0.29, 0.717) is 23.3 Å². The third-order valence-corrected chi connectivity index (χ3v) is 6.28. The van der Waals surface area contributed by atoms with Gasteiger partial charge < -0.3 is 9.40 Å². The zero-order valence-corrected chi connectivity index (χ0v) is 19.8. The monoisotopic (exact) mass is 464 g/mol. The third kappa shape index (κ3) is 5.89. The Kier molecular flexibility index (Phi) is 7.57. The highest BCUT2D eigenvalue weighted by Crippen LogP contribution is 2.28. The van der Waals surface area contributed by atoms with Crippen LogP contribution in [0.25, 0.3) is 0 Å². The lowest BCUT2D eigenvalue weighted by atomic mass is 9.90. The van der Waals surface area contributed by atoms with Crippen LogP contribution in [0.15, 0.2) is 70.9 Å². The van der Waals surface area contributed by atoms with Gasteiger partial charge in [-0.05, 0) is 62.0 Å². The van der Waals surface area contributed by atoms with E-state index in [2.05, 4.69) is 39.3 Å². The lowest BCUT2D eigenvalue weighted by Gasteiger charge is -2.32. The van der Waals surface area contributed by atoms with E-state index in [1.165, 1.54) is 11.1 Å². The molecule has 33 heavy (non-hydrogen) atoms. The molecule has 0 radical (unpaired) electrons. The number of halogens is 1. The largest absolute Gasteiger partial charge is 0.396 e. The van der Waals surface area contributed by atoms with Crippen molar-refractivity contribution in [1.29, 1.82) is 0 Å². The maximum atomic E-state index is 11.7. The molecule has 1 aromatic carbocycles. The van der Waals surface area contributed by atoms with Crippen LogP contribution in [-0.4, -0.2) is 39.9 Å². The van der Waals surface area contributed by atoms with Crippen LogP contribution in [-0.2, 0) is 18.4 Å². The van der Waals surface area contributed by atoms with Crippen molar-refractivity contribution in [3.8, 4) is 0 Å². The molecule has 3 aromatic rings. The average Bonchev–Trinajstić information content (AvgIpc) is 2.84. The minimum atomic E-state index is 0.0425. The van der Waals surface area contributed by atoms with Crippen molar-refractivity contribution in [1.82, 2.24) is 14.5 Å². The summed E-state index contributed by atoms with van der Waals surface area (Å²) in [5, 5.41) is 4.87. The second kappa shape index (κ2) is 10.8. The van der Waals surface area contributed by atoms with Crippen LogP contribution < -0.4 is 5.56 Å². The number of likely N-dealkylation sites (tertiary alicyclic amines) is 1. The minimum absolute atomic E-state index is 0.0425. The number of hydrogen-bond acceptors (Lipinski definition) is 5. The first-order valence-corrected chi connectivity index (χ1v) is 11.7. The molecule has 3 heterocycles. The van der Waals surface area contributed by atoms with Crippen molar-refractivity contribution in [3.05, 3.63) is 98.7 Å². The molecule has 0 aliphatic carbocycles. The van der Waals surface area contributed by atoms with Gasteiger partial charge in [-0.3, -0.25) is 14.7 Å². The summed E-state index contributed by atoms with van der Waals surface area (Å²) in [5.74, 6) is 0.514. The van der Waals surface area contributed by atoms with Crippen LogP contribution >= 0.6 is 11.6 Å². The fourth-order valence-electron chi connectivity index (χ4n) is 4.20. The maximum Gasteiger partial charge on any atom is 0.250 e. The number of hydrogen-bond donors (Lipinski definition) is 0. The average molecular weight is 465 g/mol. The lowest BCUT2D eigenvalue weighted by molar-refractivity contribution is 0.159. The molecule has 7 heteroatoms. The zero-order chi connectivity index (χ0) is 23.2. The standard InChI is InChI=1S/C26H29ClN4O2/c1-3-33-29-26(24-10-9-23(27)16-28-24)21-6-4-19(5-7-21)17-31-14-12-20(13-15-31)22-8-11-25(32)30(2)18-22/h4-11,16,18,20H,3,12-15,17H2,1-2H3/b29-26-. The molecule has 4 rings (SSSR count). The Balaban J connectivity index is 1.39. The molecule has 0 saturated carbocycles. The van der Waals surface area contributed by atoms with Crippen molar-refractivity contribution < 1.29 is 4.84 Å². The van der Waals surface area contributed by atoms with Crippen LogP contribution in [0.3, 0.4) is 0 Å². The maximum absolute atomic E-state index is 11.7. The van der Waals surface area contributed by atoms with Gasteiger partial charge in [-0.25, -0.2) is 0 Å². The summed E-state index contributed by atoms with van der Waals surface area (Å²) in [7, 11) is 1.82. The van der Waals surface area contributed by atoms with Crippen LogP contribution in [0.4, 0.5) is 0 Å². The molecule has 1 aliphatic rings. The Hall–Kier alpha value is -2.96. The highest BCUT2D eigenvalue weighted by atomic mass is 35.5. The van der Waals surface area contributed by atoms with Gasteiger partial charge in [0.15, 0.2) is 0 Å². The quantitative estimate of drug-likeness (QED) is 0.378. The highest BCUT2D eigenvalue weighted by molar-refractivity contribution is 6.30. The van der Waals surface area contributed by atoms with Gasteiger partial charge in [0.1, 0.15) is 12.3 Å². The highest BCUT2D eigenvalue weighted by Gasteiger charge is 2.21. The molecule has 2 aromatic heterocycles. The summed E-state index contributed by atoms with van der Waals surface area (Å²) in [4.78, 5) is 23.9. The van der Waals surface area contributed by atoms with Gasteiger partial charge in [-0.1, -0.05) is 47.1 Å². The Morgan fingerprint density at radius 3 is 2.52 bits per heavy atom. The molecule has 1 fully saturated rings. The minimum Gasteiger partial charge on any atom is -0.396 e.